The van der Waals surface area contributed by atoms with Gasteiger partial charge < -0.3 is 10.2 Å². The van der Waals surface area contributed by atoms with Gasteiger partial charge in [0.05, 0.1) is 6.04 Å². The van der Waals surface area contributed by atoms with Crippen LogP contribution >= 0.6 is 11.8 Å². The van der Waals surface area contributed by atoms with E-state index in [-0.39, 0.29) is 0 Å². The van der Waals surface area contributed by atoms with Crippen LogP contribution < -0.4 is 10.2 Å². The summed E-state index contributed by atoms with van der Waals surface area (Å²) in [7, 11) is 2.17. The fourth-order valence-corrected chi connectivity index (χ4v) is 2.36. The average molecular weight is 222 g/mol. The van der Waals surface area contributed by atoms with E-state index in [0.717, 1.165) is 18.8 Å². The van der Waals surface area contributed by atoms with Crippen LogP contribution in [0.3, 0.4) is 0 Å². The standard InChI is InChI=1S/C12H18N2S/c1-3-15-12-6-4-10(5-7-12)14(2)11-8-13-9-11/h4-7,11,13H,3,8-9H2,1-2H3. The normalized spacial score (nSPS) is 16.1. The van der Waals surface area contributed by atoms with Crippen LogP contribution in [-0.4, -0.2) is 31.9 Å². The Morgan fingerprint density at radius 2 is 2.00 bits per heavy atom. The monoisotopic (exact) mass is 222 g/mol. The van der Waals surface area contributed by atoms with Gasteiger partial charge in [0.2, 0.25) is 0 Å². The molecule has 1 aromatic carbocycles. The van der Waals surface area contributed by atoms with Crippen molar-refractivity contribution in [2.45, 2.75) is 17.9 Å². The second-order valence-electron chi connectivity index (χ2n) is 3.85. The molecule has 0 radical (unpaired) electrons. The highest BCUT2D eigenvalue weighted by molar-refractivity contribution is 7.99. The van der Waals surface area contributed by atoms with Gasteiger partial charge in [-0.2, -0.15) is 0 Å². The molecule has 82 valence electrons. The molecular weight excluding hydrogens is 204 g/mol. The van der Waals surface area contributed by atoms with Gasteiger partial charge in [0.1, 0.15) is 0 Å². The molecule has 1 aliphatic heterocycles. The van der Waals surface area contributed by atoms with Gasteiger partial charge in [-0.1, -0.05) is 6.92 Å². The minimum Gasteiger partial charge on any atom is -0.369 e. The smallest absolute Gasteiger partial charge is 0.0535 e. The number of rotatable bonds is 4. The van der Waals surface area contributed by atoms with Crippen molar-refractivity contribution in [1.29, 1.82) is 0 Å². The summed E-state index contributed by atoms with van der Waals surface area (Å²) in [5.74, 6) is 1.14. The van der Waals surface area contributed by atoms with E-state index < -0.39 is 0 Å². The van der Waals surface area contributed by atoms with E-state index in [4.69, 9.17) is 0 Å². The van der Waals surface area contributed by atoms with Crippen molar-refractivity contribution in [1.82, 2.24) is 5.32 Å². The Kier molecular flexibility index (Phi) is 3.54. The quantitative estimate of drug-likeness (QED) is 0.786. The molecule has 0 aliphatic carbocycles. The van der Waals surface area contributed by atoms with Gasteiger partial charge in [-0.05, 0) is 30.0 Å². The van der Waals surface area contributed by atoms with Gasteiger partial charge in [-0.15, -0.1) is 11.8 Å². The second kappa shape index (κ2) is 4.90. The SMILES string of the molecule is CCSc1ccc(N(C)C2CNC2)cc1. The van der Waals surface area contributed by atoms with E-state index in [1.54, 1.807) is 0 Å². The van der Waals surface area contributed by atoms with Crippen molar-refractivity contribution in [3.63, 3.8) is 0 Å². The molecule has 2 rings (SSSR count). The zero-order chi connectivity index (χ0) is 10.7. The molecule has 0 atom stereocenters. The highest BCUT2D eigenvalue weighted by atomic mass is 32.2. The molecular formula is C12H18N2S. The number of thioether (sulfide) groups is 1. The van der Waals surface area contributed by atoms with Crippen molar-refractivity contribution < 1.29 is 0 Å². The van der Waals surface area contributed by atoms with Crippen LogP contribution in [0.4, 0.5) is 5.69 Å². The highest BCUT2D eigenvalue weighted by Gasteiger charge is 2.21. The predicted molar refractivity (Wildman–Crippen MR) is 67.9 cm³/mol. The van der Waals surface area contributed by atoms with Crippen LogP contribution in [0.25, 0.3) is 0 Å². The van der Waals surface area contributed by atoms with E-state index in [2.05, 4.69) is 48.5 Å². The highest BCUT2D eigenvalue weighted by Crippen LogP contribution is 2.23. The molecule has 1 N–H and O–H groups in total. The van der Waals surface area contributed by atoms with Crippen LogP contribution in [-0.2, 0) is 0 Å². The Morgan fingerprint density at radius 1 is 1.33 bits per heavy atom. The lowest BCUT2D eigenvalue weighted by atomic mass is 10.1. The molecule has 0 aromatic heterocycles. The predicted octanol–water partition coefficient (Wildman–Crippen LogP) is 2.21. The third-order valence-corrected chi connectivity index (χ3v) is 3.76. The third kappa shape index (κ3) is 2.47. The lowest BCUT2D eigenvalue weighted by Crippen LogP contribution is -2.56. The number of benzene rings is 1. The van der Waals surface area contributed by atoms with E-state index in [1.165, 1.54) is 10.6 Å². The molecule has 1 saturated heterocycles. The molecule has 2 nitrogen and oxygen atoms in total. The van der Waals surface area contributed by atoms with E-state index in [1.807, 2.05) is 11.8 Å². The van der Waals surface area contributed by atoms with Crippen molar-refractivity contribution in [2.24, 2.45) is 0 Å². The van der Waals surface area contributed by atoms with Crippen LogP contribution in [0.5, 0.6) is 0 Å². The summed E-state index contributed by atoms with van der Waals surface area (Å²) in [6, 6.07) is 9.54. The van der Waals surface area contributed by atoms with E-state index in [0.29, 0.717) is 6.04 Å². The Bertz CT molecular complexity index is 306. The molecule has 0 unspecified atom stereocenters. The Morgan fingerprint density at radius 3 is 2.47 bits per heavy atom. The first-order valence-electron chi connectivity index (χ1n) is 5.47. The van der Waals surface area contributed by atoms with E-state index in [9.17, 15) is 0 Å². The summed E-state index contributed by atoms with van der Waals surface area (Å²) in [6.07, 6.45) is 0. The third-order valence-electron chi connectivity index (χ3n) is 2.86. The Balaban J connectivity index is 2.02. The zero-order valence-electron chi connectivity index (χ0n) is 9.36. The maximum atomic E-state index is 3.30. The number of likely N-dealkylation sites (N-methyl/N-ethyl adjacent to an activating group) is 1. The fraction of sp³-hybridized carbons (Fsp3) is 0.500. The average Bonchev–Trinajstić information content (AvgIpc) is 2.16. The summed E-state index contributed by atoms with van der Waals surface area (Å²) >= 11 is 1.89. The number of anilines is 1. The second-order valence-corrected chi connectivity index (χ2v) is 5.19. The summed E-state index contributed by atoms with van der Waals surface area (Å²) in [5.41, 5.74) is 1.32. The van der Waals surface area contributed by atoms with Gasteiger partial charge >= 0.3 is 0 Å². The zero-order valence-corrected chi connectivity index (χ0v) is 10.2. The molecule has 0 spiro atoms. The van der Waals surface area contributed by atoms with Crippen LogP contribution in [0.2, 0.25) is 0 Å². The van der Waals surface area contributed by atoms with Gasteiger partial charge in [0.25, 0.3) is 0 Å². The first kappa shape index (κ1) is 10.8. The van der Waals surface area contributed by atoms with Crippen molar-refractivity contribution in [3.05, 3.63) is 24.3 Å². The molecule has 0 saturated carbocycles. The number of nitrogens with one attached hydrogen (secondary N) is 1. The Labute approximate surface area is 96.0 Å². The molecule has 1 heterocycles. The first-order chi connectivity index (χ1) is 7.31. The van der Waals surface area contributed by atoms with Crippen LogP contribution in [0, 0.1) is 0 Å². The summed E-state index contributed by atoms with van der Waals surface area (Å²) in [4.78, 5) is 3.72. The lowest BCUT2D eigenvalue weighted by molar-refractivity contribution is 0.429. The summed E-state index contributed by atoms with van der Waals surface area (Å²) in [6.45, 7) is 4.41. The maximum Gasteiger partial charge on any atom is 0.0535 e. The summed E-state index contributed by atoms with van der Waals surface area (Å²) in [5, 5.41) is 3.30. The lowest BCUT2D eigenvalue weighted by Gasteiger charge is -2.37. The molecule has 0 bridgehead atoms. The minimum absolute atomic E-state index is 0.676. The largest absolute Gasteiger partial charge is 0.369 e. The molecule has 1 aliphatic rings. The topological polar surface area (TPSA) is 15.3 Å². The first-order valence-corrected chi connectivity index (χ1v) is 6.46. The van der Waals surface area contributed by atoms with Gasteiger partial charge in [0.15, 0.2) is 0 Å². The maximum absolute atomic E-state index is 3.30. The number of hydrogen-bond acceptors (Lipinski definition) is 3. The van der Waals surface area contributed by atoms with Crippen molar-refractivity contribution >= 4 is 17.4 Å². The van der Waals surface area contributed by atoms with Crippen LogP contribution in [0.1, 0.15) is 6.92 Å². The number of hydrogen-bond donors (Lipinski definition) is 1. The van der Waals surface area contributed by atoms with Crippen molar-refractivity contribution in [3.8, 4) is 0 Å². The molecule has 15 heavy (non-hydrogen) atoms. The number of nitrogens with zero attached hydrogens (tertiary/aromatic N) is 1. The summed E-state index contributed by atoms with van der Waals surface area (Å²) < 4.78 is 0. The van der Waals surface area contributed by atoms with Crippen LogP contribution in [0.15, 0.2) is 29.2 Å². The van der Waals surface area contributed by atoms with Gasteiger partial charge in [0, 0.05) is 30.7 Å². The molecule has 1 fully saturated rings. The molecule has 3 heteroatoms. The molecule has 0 amide bonds. The Hall–Kier alpha value is -0.670. The van der Waals surface area contributed by atoms with Crippen molar-refractivity contribution in [2.75, 3.05) is 30.8 Å². The van der Waals surface area contributed by atoms with Gasteiger partial charge in [-0.25, -0.2) is 0 Å². The minimum atomic E-state index is 0.676. The molecule has 1 aromatic rings. The van der Waals surface area contributed by atoms with E-state index >= 15 is 0 Å². The van der Waals surface area contributed by atoms with Gasteiger partial charge in [-0.3, -0.25) is 0 Å². The fourth-order valence-electron chi connectivity index (χ4n) is 1.70.